The maximum Gasteiger partial charge on any atom is 0.168 e. The van der Waals surface area contributed by atoms with E-state index in [9.17, 15) is 15.0 Å². The lowest BCUT2D eigenvalue weighted by atomic mass is 10.1. The molecule has 0 saturated heterocycles. The number of Topliss-reactive ketones (excluding diaryl/α,β-unsaturated/α-hetero) is 1. The third kappa shape index (κ3) is 5.57. The summed E-state index contributed by atoms with van der Waals surface area (Å²) in [6, 6.07) is 13.6. The molecule has 5 heteroatoms. The number of nitrogens with zero attached hydrogens (tertiary/aromatic N) is 2. The Bertz CT molecular complexity index is 796. The van der Waals surface area contributed by atoms with E-state index < -0.39 is 0 Å². The number of phenols is 2. The number of benzene rings is 2. The van der Waals surface area contributed by atoms with Gasteiger partial charge in [0.15, 0.2) is 5.78 Å². The summed E-state index contributed by atoms with van der Waals surface area (Å²) < 4.78 is 0. The highest BCUT2D eigenvalue weighted by molar-refractivity contribution is 6.09. The molecule has 0 aromatic heterocycles. The Labute approximate surface area is 147 Å². The fraction of sp³-hybridized carbons (Fsp3) is 0.250. The van der Waals surface area contributed by atoms with Gasteiger partial charge in [0.2, 0.25) is 0 Å². The zero-order chi connectivity index (χ0) is 18.2. The molecule has 0 aliphatic carbocycles. The molecule has 0 fully saturated rings. The maximum absolute atomic E-state index is 12.1. The van der Waals surface area contributed by atoms with Crippen molar-refractivity contribution in [2.45, 2.75) is 20.3 Å². The fourth-order valence-corrected chi connectivity index (χ4v) is 2.38. The van der Waals surface area contributed by atoms with Crippen molar-refractivity contribution in [1.82, 2.24) is 0 Å². The van der Waals surface area contributed by atoms with E-state index in [-0.39, 0.29) is 17.3 Å². The van der Waals surface area contributed by atoms with Gasteiger partial charge in [-0.3, -0.25) is 14.8 Å². The Morgan fingerprint density at radius 3 is 2.32 bits per heavy atom. The number of rotatable bonds is 7. The average Bonchev–Trinajstić information content (AvgIpc) is 2.59. The van der Waals surface area contributed by atoms with Gasteiger partial charge in [-0.1, -0.05) is 30.3 Å². The van der Waals surface area contributed by atoms with Crippen molar-refractivity contribution in [2.24, 2.45) is 9.98 Å². The van der Waals surface area contributed by atoms with E-state index in [1.54, 1.807) is 25.1 Å². The molecule has 0 radical (unpaired) electrons. The third-order valence-corrected chi connectivity index (χ3v) is 3.71. The predicted molar refractivity (Wildman–Crippen MR) is 100 cm³/mol. The first-order valence-electron chi connectivity index (χ1n) is 8.09. The van der Waals surface area contributed by atoms with Gasteiger partial charge in [-0.15, -0.1) is 0 Å². The molecule has 2 N–H and O–H groups in total. The molecular formula is C20H22N2O3. The zero-order valence-electron chi connectivity index (χ0n) is 14.4. The Kier molecular flexibility index (Phi) is 6.46. The lowest BCUT2D eigenvalue weighted by Gasteiger charge is -2.05. The Morgan fingerprint density at radius 2 is 1.64 bits per heavy atom. The van der Waals surface area contributed by atoms with Crippen LogP contribution >= 0.6 is 0 Å². The van der Waals surface area contributed by atoms with Gasteiger partial charge in [0.1, 0.15) is 11.5 Å². The lowest BCUT2D eigenvalue weighted by molar-refractivity contribution is 0.100. The Morgan fingerprint density at radius 1 is 0.960 bits per heavy atom. The van der Waals surface area contributed by atoms with Crippen LogP contribution in [-0.4, -0.2) is 40.5 Å². The van der Waals surface area contributed by atoms with E-state index in [0.29, 0.717) is 36.3 Å². The van der Waals surface area contributed by atoms with Gasteiger partial charge >= 0.3 is 0 Å². The molecule has 0 unspecified atom stereocenters. The van der Waals surface area contributed by atoms with Crippen LogP contribution < -0.4 is 0 Å². The highest BCUT2D eigenvalue weighted by atomic mass is 16.3. The minimum Gasteiger partial charge on any atom is -0.508 e. The van der Waals surface area contributed by atoms with E-state index in [4.69, 9.17) is 0 Å². The molecule has 0 amide bonds. The van der Waals surface area contributed by atoms with Gasteiger partial charge in [-0.25, -0.2) is 0 Å². The average molecular weight is 338 g/mol. The normalized spacial score (nSPS) is 12.2. The van der Waals surface area contributed by atoms with Crippen LogP contribution in [0.1, 0.15) is 36.2 Å². The first-order chi connectivity index (χ1) is 12.0. The van der Waals surface area contributed by atoms with E-state index in [2.05, 4.69) is 9.98 Å². The van der Waals surface area contributed by atoms with E-state index in [0.717, 1.165) is 5.71 Å². The molecule has 0 saturated carbocycles. The number of carbonyl (C=O) groups is 1. The standard InChI is InChI=1S/C20H22N2O3/c1-14(12-19(24)16-6-4-3-5-7-16)21-10-11-22-15(2)18-9-8-17(23)13-20(18)25/h3-9,13,23,25H,10-12H2,1-2H3. The van der Waals surface area contributed by atoms with Crippen LogP contribution in [0.4, 0.5) is 0 Å². The quantitative estimate of drug-likeness (QED) is 0.459. The summed E-state index contributed by atoms with van der Waals surface area (Å²) in [5.74, 6) is 0.0577. The van der Waals surface area contributed by atoms with E-state index >= 15 is 0 Å². The van der Waals surface area contributed by atoms with Crippen LogP contribution in [0.25, 0.3) is 0 Å². The largest absolute Gasteiger partial charge is 0.508 e. The van der Waals surface area contributed by atoms with Crippen molar-refractivity contribution < 1.29 is 15.0 Å². The molecule has 5 nitrogen and oxygen atoms in total. The Hall–Kier alpha value is -2.95. The number of ketones is 1. The van der Waals surface area contributed by atoms with Gasteiger partial charge < -0.3 is 10.2 Å². The summed E-state index contributed by atoms with van der Waals surface area (Å²) in [5, 5.41) is 19.1. The first-order valence-corrected chi connectivity index (χ1v) is 8.09. The molecule has 2 aromatic rings. The minimum atomic E-state index is -0.00519. The van der Waals surface area contributed by atoms with Crippen LogP contribution in [0.2, 0.25) is 0 Å². The van der Waals surface area contributed by atoms with Crippen LogP contribution in [0, 0.1) is 0 Å². The van der Waals surface area contributed by atoms with Gasteiger partial charge in [0.25, 0.3) is 0 Å². The summed E-state index contributed by atoms with van der Waals surface area (Å²) >= 11 is 0. The molecular weight excluding hydrogens is 316 g/mol. The molecule has 0 heterocycles. The molecule has 130 valence electrons. The predicted octanol–water partition coefficient (Wildman–Crippen LogP) is 3.64. The number of phenolic OH excluding ortho intramolecular Hbond substituents is 2. The summed E-state index contributed by atoms with van der Waals surface area (Å²) in [5.41, 5.74) is 2.71. The van der Waals surface area contributed by atoms with Gasteiger partial charge in [0, 0.05) is 35.0 Å². The van der Waals surface area contributed by atoms with Gasteiger partial charge in [0.05, 0.1) is 13.1 Å². The Balaban J connectivity index is 1.88. The van der Waals surface area contributed by atoms with Crippen molar-refractivity contribution in [2.75, 3.05) is 13.1 Å². The molecule has 2 rings (SSSR count). The second-order valence-corrected chi connectivity index (χ2v) is 5.75. The summed E-state index contributed by atoms with van der Waals surface area (Å²) in [7, 11) is 0. The van der Waals surface area contributed by atoms with Crippen LogP contribution in [-0.2, 0) is 0 Å². The number of aromatic hydroxyl groups is 2. The highest BCUT2D eigenvalue weighted by Gasteiger charge is 2.07. The van der Waals surface area contributed by atoms with E-state index in [1.165, 1.54) is 12.1 Å². The van der Waals surface area contributed by atoms with Crippen LogP contribution in [0.5, 0.6) is 11.5 Å². The van der Waals surface area contributed by atoms with Crippen molar-refractivity contribution in [3.05, 3.63) is 59.7 Å². The number of aliphatic imine (C=N–C) groups is 2. The summed E-state index contributed by atoms with van der Waals surface area (Å²) in [6.07, 6.45) is 0.297. The summed E-state index contributed by atoms with van der Waals surface area (Å²) in [6.45, 7) is 4.57. The zero-order valence-corrected chi connectivity index (χ0v) is 14.4. The van der Waals surface area contributed by atoms with E-state index in [1.807, 2.05) is 25.1 Å². The molecule has 0 aliphatic heterocycles. The fourth-order valence-electron chi connectivity index (χ4n) is 2.38. The van der Waals surface area contributed by atoms with Crippen molar-refractivity contribution in [3.8, 4) is 11.5 Å². The highest BCUT2D eigenvalue weighted by Crippen LogP contribution is 2.23. The second-order valence-electron chi connectivity index (χ2n) is 5.75. The maximum atomic E-state index is 12.1. The molecule has 2 aromatic carbocycles. The van der Waals surface area contributed by atoms with Gasteiger partial charge in [-0.2, -0.15) is 0 Å². The number of hydrogen-bond acceptors (Lipinski definition) is 5. The molecule has 25 heavy (non-hydrogen) atoms. The third-order valence-electron chi connectivity index (χ3n) is 3.71. The van der Waals surface area contributed by atoms with Crippen LogP contribution in [0.15, 0.2) is 58.5 Å². The smallest absolute Gasteiger partial charge is 0.168 e. The number of hydrogen-bond donors (Lipinski definition) is 2. The summed E-state index contributed by atoms with van der Waals surface area (Å²) in [4.78, 5) is 20.8. The topological polar surface area (TPSA) is 82.2 Å². The number of carbonyl (C=O) groups excluding carboxylic acids is 1. The molecule has 0 atom stereocenters. The second kappa shape index (κ2) is 8.78. The monoisotopic (exact) mass is 338 g/mol. The van der Waals surface area contributed by atoms with Crippen LogP contribution in [0.3, 0.4) is 0 Å². The van der Waals surface area contributed by atoms with Gasteiger partial charge in [-0.05, 0) is 26.0 Å². The molecule has 0 aliphatic rings. The van der Waals surface area contributed by atoms with Crippen molar-refractivity contribution in [1.29, 1.82) is 0 Å². The minimum absolute atomic E-state index is 0.00519. The molecule has 0 spiro atoms. The van der Waals surface area contributed by atoms with Crippen molar-refractivity contribution >= 4 is 17.2 Å². The van der Waals surface area contributed by atoms with Crippen molar-refractivity contribution in [3.63, 3.8) is 0 Å². The first kappa shape index (κ1) is 18.4. The molecule has 0 bridgehead atoms. The SMILES string of the molecule is CC(CC(=O)c1ccccc1)=NCCN=C(C)c1ccc(O)cc1O. The lowest BCUT2D eigenvalue weighted by Crippen LogP contribution is -2.06.